The van der Waals surface area contributed by atoms with E-state index < -0.39 is 5.60 Å². The molecule has 1 N–H and O–H groups in total. The summed E-state index contributed by atoms with van der Waals surface area (Å²) in [7, 11) is 0. The third-order valence-electron chi connectivity index (χ3n) is 4.18. The van der Waals surface area contributed by atoms with Crippen molar-refractivity contribution in [3.05, 3.63) is 0 Å². The van der Waals surface area contributed by atoms with E-state index in [4.69, 9.17) is 4.74 Å². The third-order valence-corrected chi connectivity index (χ3v) is 4.18. The number of hydrogen-bond donors (Lipinski definition) is 1. The normalized spacial score (nSPS) is 31.9. The number of rotatable bonds is 2. The largest absolute Gasteiger partial charge is 0.444 e. The van der Waals surface area contributed by atoms with Crippen molar-refractivity contribution < 1.29 is 9.53 Å². The van der Waals surface area contributed by atoms with Crippen LogP contribution in [0.1, 0.15) is 53.9 Å². The summed E-state index contributed by atoms with van der Waals surface area (Å²) in [4.78, 5) is 13.6. The molecule has 4 heteroatoms. The molecule has 1 saturated carbocycles. The molecule has 20 heavy (non-hydrogen) atoms. The summed E-state index contributed by atoms with van der Waals surface area (Å²) in [6.07, 6.45) is 3.72. The van der Waals surface area contributed by atoms with Gasteiger partial charge in [-0.05, 0) is 51.9 Å². The maximum Gasteiger partial charge on any atom is 0.410 e. The van der Waals surface area contributed by atoms with Gasteiger partial charge in [0.15, 0.2) is 0 Å². The van der Waals surface area contributed by atoms with E-state index >= 15 is 0 Å². The number of nitrogens with one attached hydrogen (secondary N) is 1. The van der Waals surface area contributed by atoms with Crippen LogP contribution in [0.2, 0.25) is 0 Å². The first-order valence-corrected chi connectivity index (χ1v) is 7.97. The van der Waals surface area contributed by atoms with E-state index in [1.165, 1.54) is 19.3 Å². The van der Waals surface area contributed by atoms with Gasteiger partial charge >= 0.3 is 6.09 Å². The second kappa shape index (κ2) is 5.92. The molecule has 1 saturated heterocycles. The average Bonchev–Trinajstić information content (AvgIpc) is 2.18. The maximum absolute atomic E-state index is 11.9. The standard InChI is InChI=1S/C16H30N2O2/c1-11-6-12(2)8-13(7-11)17-14-9-18(10-14)15(19)20-16(3,4)5/h11-14,17H,6-10H2,1-5H3. The van der Waals surface area contributed by atoms with Crippen LogP contribution >= 0.6 is 0 Å². The van der Waals surface area contributed by atoms with Gasteiger partial charge in [0.05, 0.1) is 0 Å². The number of carbonyl (C=O) groups excluding carboxylic acids is 1. The summed E-state index contributed by atoms with van der Waals surface area (Å²) >= 11 is 0. The first-order valence-electron chi connectivity index (χ1n) is 7.97. The molecule has 0 radical (unpaired) electrons. The van der Waals surface area contributed by atoms with Crippen LogP contribution in [0.5, 0.6) is 0 Å². The van der Waals surface area contributed by atoms with Crippen LogP contribution in [0.15, 0.2) is 0 Å². The van der Waals surface area contributed by atoms with E-state index in [1.807, 2.05) is 20.8 Å². The molecule has 0 aromatic heterocycles. The fraction of sp³-hybridized carbons (Fsp3) is 0.938. The number of likely N-dealkylation sites (tertiary alicyclic amines) is 1. The van der Waals surface area contributed by atoms with Crippen molar-refractivity contribution in [1.82, 2.24) is 10.2 Å². The summed E-state index contributed by atoms with van der Waals surface area (Å²) < 4.78 is 5.37. The SMILES string of the molecule is CC1CC(C)CC(NC2CN(C(=O)OC(C)(C)C)C2)C1. The Bertz CT molecular complexity index is 335. The molecule has 2 unspecified atom stereocenters. The molecule has 1 amide bonds. The molecule has 2 atom stereocenters. The second-order valence-electron chi connectivity index (χ2n) is 7.86. The van der Waals surface area contributed by atoms with Crippen molar-refractivity contribution in [3.8, 4) is 0 Å². The molecule has 2 aliphatic rings. The van der Waals surface area contributed by atoms with Crippen LogP contribution in [0.4, 0.5) is 4.79 Å². The minimum absolute atomic E-state index is 0.180. The fourth-order valence-corrected chi connectivity index (χ4v) is 3.48. The lowest BCUT2D eigenvalue weighted by atomic mass is 9.80. The molecule has 2 rings (SSSR count). The number of amides is 1. The van der Waals surface area contributed by atoms with Crippen molar-refractivity contribution in [2.45, 2.75) is 71.6 Å². The van der Waals surface area contributed by atoms with E-state index in [9.17, 15) is 4.79 Å². The Morgan fingerprint density at radius 1 is 1.05 bits per heavy atom. The van der Waals surface area contributed by atoms with Gasteiger partial charge in [-0.2, -0.15) is 0 Å². The molecule has 1 aliphatic heterocycles. The zero-order valence-electron chi connectivity index (χ0n) is 13.6. The Morgan fingerprint density at radius 2 is 1.60 bits per heavy atom. The number of hydrogen-bond acceptors (Lipinski definition) is 3. The smallest absolute Gasteiger partial charge is 0.410 e. The topological polar surface area (TPSA) is 41.6 Å². The van der Waals surface area contributed by atoms with Crippen LogP contribution < -0.4 is 5.32 Å². The summed E-state index contributed by atoms with van der Waals surface area (Å²) in [5.41, 5.74) is -0.399. The highest BCUT2D eigenvalue weighted by Crippen LogP contribution is 2.29. The summed E-state index contributed by atoms with van der Waals surface area (Å²) in [6, 6.07) is 1.07. The quantitative estimate of drug-likeness (QED) is 0.846. The molecular weight excluding hydrogens is 252 g/mol. The van der Waals surface area contributed by atoms with Crippen molar-refractivity contribution in [3.63, 3.8) is 0 Å². The first-order chi connectivity index (χ1) is 9.23. The van der Waals surface area contributed by atoms with E-state index in [-0.39, 0.29) is 6.09 Å². The Labute approximate surface area is 123 Å². The molecule has 0 bridgehead atoms. The summed E-state index contributed by atoms with van der Waals surface area (Å²) in [5.74, 6) is 1.64. The van der Waals surface area contributed by atoms with Gasteiger partial charge in [0, 0.05) is 25.2 Å². The third kappa shape index (κ3) is 4.37. The Morgan fingerprint density at radius 3 is 2.10 bits per heavy atom. The van der Waals surface area contributed by atoms with E-state index in [0.717, 1.165) is 24.9 Å². The second-order valence-corrected chi connectivity index (χ2v) is 7.86. The van der Waals surface area contributed by atoms with Crippen LogP contribution in [-0.4, -0.2) is 41.8 Å². The lowest BCUT2D eigenvalue weighted by Gasteiger charge is -2.43. The van der Waals surface area contributed by atoms with Gasteiger partial charge in [0.2, 0.25) is 0 Å². The summed E-state index contributed by atoms with van der Waals surface area (Å²) in [6.45, 7) is 12.0. The Hall–Kier alpha value is -0.770. The summed E-state index contributed by atoms with van der Waals surface area (Å²) in [5, 5.41) is 3.71. The van der Waals surface area contributed by atoms with E-state index in [1.54, 1.807) is 4.90 Å². The van der Waals surface area contributed by atoms with Crippen molar-refractivity contribution >= 4 is 6.09 Å². The van der Waals surface area contributed by atoms with Gasteiger partial charge in [-0.15, -0.1) is 0 Å². The van der Waals surface area contributed by atoms with Crippen LogP contribution in [0.25, 0.3) is 0 Å². The minimum atomic E-state index is -0.399. The first kappa shape index (κ1) is 15.6. The predicted octanol–water partition coefficient (Wildman–Crippen LogP) is 3.02. The van der Waals surface area contributed by atoms with Crippen LogP contribution in [0.3, 0.4) is 0 Å². The maximum atomic E-state index is 11.9. The van der Waals surface area contributed by atoms with Crippen LogP contribution in [-0.2, 0) is 4.74 Å². The van der Waals surface area contributed by atoms with Crippen molar-refractivity contribution in [2.75, 3.05) is 13.1 Å². The number of carbonyl (C=O) groups is 1. The highest BCUT2D eigenvalue weighted by atomic mass is 16.6. The monoisotopic (exact) mass is 282 g/mol. The van der Waals surface area contributed by atoms with Gasteiger partial charge in [0.25, 0.3) is 0 Å². The highest BCUT2D eigenvalue weighted by Gasteiger charge is 2.35. The molecule has 0 aromatic carbocycles. The van der Waals surface area contributed by atoms with Crippen molar-refractivity contribution in [1.29, 1.82) is 0 Å². The molecule has 2 fully saturated rings. The Kier molecular flexibility index (Phi) is 4.62. The Balaban J connectivity index is 1.70. The molecule has 0 aromatic rings. The molecule has 0 spiro atoms. The van der Waals surface area contributed by atoms with Gasteiger partial charge < -0.3 is 15.0 Å². The molecule has 1 heterocycles. The zero-order valence-corrected chi connectivity index (χ0v) is 13.6. The van der Waals surface area contributed by atoms with E-state index in [0.29, 0.717) is 12.1 Å². The fourth-order valence-electron chi connectivity index (χ4n) is 3.48. The molecular formula is C16H30N2O2. The molecule has 116 valence electrons. The zero-order chi connectivity index (χ0) is 14.9. The lowest BCUT2D eigenvalue weighted by molar-refractivity contribution is 0.00291. The lowest BCUT2D eigenvalue weighted by Crippen LogP contribution is -2.62. The van der Waals surface area contributed by atoms with Gasteiger partial charge in [-0.3, -0.25) is 0 Å². The number of ether oxygens (including phenoxy) is 1. The van der Waals surface area contributed by atoms with E-state index in [2.05, 4.69) is 19.2 Å². The predicted molar refractivity (Wildman–Crippen MR) is 80.7 cm³/mol. The van der Waals surface area contributed by atoms with Crippen LogP contribution in [0, 0.1) is 11.8 Å². The van der Waals surface area contributed by atoms with Gasteiger partial charge in [-0.1, -0.05) is 13.8 Å². The van der Waals surface area contributed by atoms with Crippen molar-refractivity contribution in [2.24, 2.45) is 11.8 Å². The van der Waals surface area contributed by atoms with Gasteiger partial charge in [0.1, 0.15) is 5.60 Å². The molecule has 4 nitrogen and oxygen atoms in total. The molecule has 1 aliphatic carbocycles. The minimum Gasteiger partial charge on any atom is -0.444 e. The van der Waals surface area contributed by atoms with Gasteiger partial charge in [-0.25, -0.2) is 4.79 Å². The highest BCUT2D eigenvalue weighted by molar-refractivity contribution is 5.69. The number of nitrogens with zero attached hydrogens (tertiary/aromatic N) is 1. The average molecular weight is 282 g/mol.